The van der Waals surface area contributed by atoms with Crippen LogP contribution in [0.3, 0.4) is 0 Å². The molecule has 0 spiro atoms. The first kappa shape index (κ1) is 15.6. The van der Waals surface area contributed by atoms with Crippen LogP contribution in [0.25, 0.3) is 0 Å². The lowest BCUT2D eigenvalue weighted by molar-refractivity contribution is 1.09. The minimum absolute atomic E-state index is 0. The van der Waals surface area contributed by atoms with Crippen LogP contribution >= 0.6 is 0 Å². The van der Waals surface area contributed by atoms with Crippen molar-refractivity contribution in [1.82, 2.24) is 0 Å². The molecule has 0 aromatic rings. The predicted molar refractivity (Wildman–Crippen MR) is 43.2 cm³/mol. The molecule has 0 aliphatic carbocycles. The van der Waals surface area contributed by atoms with E-state index in [0.29, 0.717) is 0 Å². The van der Waals surface area contributed by atoms with E-state index in [1.54, 1.807) is 0 Å². The van der Waals surface area contributed by atoms with Crippen molar-refractivity contribution in [2.45, 2.75) is 42.0 Å². The zero-order chi connectivity index (χ0) is 4.99. The molecule has 8 heavy (non-hydrogen) atoms. The normalized spacial score (nSPS) is 9.12. The summed E-state index contributed by atoms with van der Waals surface area (Å²) in [5.74, 6) is 0. The van der Waals surface area contributed by atoms with E-state index < -0.39 is 0 Å². The second kappa shape index (κ2) is 9.88. The molecule has 0 aromatic carbocycles. The zero-order valence-corrected chi connectivity index (χ0v) is 4.78. The van der Waals surface area contributed by atoms with Crippen molar-refractivity contribution >= 4 is 0 Å². The number of hydrogen-bond donors (Lipinski definition) is 0. The smallest absolute Gasteiger partial charge is 0.0352 e. The minimum Gasteiger partial charge on any atom is -0.0887 e. The molecule has 0 amide bonds. The lowest BCUT2D eigenvalue weighted by Crippen LogP contribution is -1.63. The van der Waals surface area contributed by atoms with Gasteiger partial charge in [-0.3, -0.25) is 0 Å². The van der Waals surface area contributed by atoms with Crippen molar-refractivity contribution in [3.05, 3.63) is 11.6 Å². The zero-order valence-electron chi connectivity index (χ0n) is 4.78. The first-order valence-electron chi connectivity index (χ1n) is 2.43. The summed E-state index contributed by atoms with van der Waals surface area (Å²) in [6.07, 6.45) is 3.33. The Hall–Kier alpha value is -0.260. The van der Waals surface area contributed by atoms with Crippen molar-refractivity contribution in [2.75, 3.05) is 0 Å². The Kier molecular flexibility index (Phi) is 19.3. The highest BCUT2D eigenvalue weighted by Gasteiger charge is 1.73. The Morgan fingerprint density at radius 2 is 1.75 bits per heavy atom. The third-order valence-corrected chi connectivity index (χ3v) is 1.05. The Balaban J connectivity index is -0.000000125. The van der Waals surface area contributed by atoms with Crippen LogP contribution in [0.1, 0.15) is 42.0 Å². The summed E-state index contributed by atoms with van der Waals surface area (Å²) >= 11 is 0. The maximum Gasteiger partial charge on any atom is -0.0352 e. The molecule has 52 valence electrons. The molecule has 0 N–H and O–H groups in total. The van der Waals surface area contributed by atoms with Crippen molar-refractivity contribution in [3.63, 3.8) is 0 Å². The number of allylic oxidation sites excluding steroid dienone is 2. The number of hydrogen-bond acceptors (Lipinski definition) is 0. The molecule has 0 aromatic heterocycles. The average molecular weight is 116 g/mol. The molecule has 0 aliphatic rings. The Morgan fingerprint density at radius 3 is 1.75 bits per heavy atom. The quantitative estimate of drug-likeness (QED) is 0.459. The molecule has 0 heterocycles. The van der Waals surface area contributed by atoms with Gasteiger partial charge in [0.05, 0.1) is 0 Å². The number of rotatable bonds is 1. The Bertz CT molecular complexity index is 51.1. The van der Waals surface area contributed by atoms with Crippen LogP contribution in [0.2, 0.25) is 0 Å². The molecule has 0 saturated carbocycles. The van der Waals surface area contributed by atoms with Crippen LogP contribution < -0.4 is 0 Å². The fourth-order valence-corrected chi connectivity index (χ4v) is 0.204. The fourth-order valence-electron chi connectivity index (χ4n) is 0.204. The van der Waals surface area contributed by atoms with Gasteiger partial charge in [0.15, 0.2) is 0 Å². The molecular formula is C8H20. The van der Waals surface area contributed by atoms with Crippen molar-refractivity contribution < 1.29 is 0 Å². The molecule has 0 rings (SSSR count). The van der Waals surface area contributed by atoms with Gasteiger partial charge in [0.2, 0.25) is 0 Å². The first-order chi connectivity index (χ1) is 2.81. The molecule has 0 radical (unpaired) electrons. The third kappa shape index (κ3) is 9.22. The van der Waals surface area contributed by atoms with Crippen LogP contribution in [0, 0.1) is 0 Å². The first-order valence-corrected chi connectivity index (χ1v) is 2.43. The van der Waals surface area contributed by atoms with Crippen molar-refractivity contribution in [1.29, 1.82) is 0 Å². The van der Waals surface area contributed by atoms with Gasteiger partial charge in [-0.2, -0.15) is 0 Å². The highest BCUT2D eigenvalue weighted by atomic mass is 13.8. The minimum atomic E-state index is 0. The summed E-state index contributed by atoms with van der Waals surface area (Å²) in [6.45, 7) is 6.37. The van der Waals surface area contributed by atoms with E-state index in [2.05, 4.69) is 26.8 Å². The standard InChI is InChI=1S/C6H12.2CH4/c1-4-6(3)5-2;;/h4H,5H2,1-3H3;2*1H4/b6-4+;;. The van der Waals surface area contributed by atoms with Gasteiger partial charge in [-0.25, -0.2) is 0 Å². The second-order valence-corrected chi connectivity index (χ2v) is 1.49. The molecule has 0 nitrogen and oxygen atoms in total. The molecule has 0 fully saturated rings. The molecule has 0 saturated heterocycles. The highest BCUT2D eigenvalue weighted by Crippen LogP contribution is 1.94. The Morgan fingerprint density at radius 1 is 1.38 bits per heavy atom. The summed E-state index contributed by atoms with van der Waals surface area (Å²) in [7, 11) is 0. The van der Waals surface area contributed by atoms with Crippen LogP contribution in [0.4, 0.5) is 0 Å². The largest absolute Gasteiger partial charge is 0.0887 e. The van der Waals surface area contributed by atoms with E-state index in [1.807, 2.05) is 0 Å². The predicted octanol–water partition coefficient (Wildman–Crippen LogP) is 3.63. The van der Waals surface area contributed by atoms with Gasteiger partial charge in [-0.1, -0.05) is 33.4 Å². The van der Waals surface area contributed by atoms with Crippen molar-refractivity contribution in [2.24, 2.45) is 0 Å². The summed E-state index contributed by atoms with van der Waals surface area (Å²) in [5.41, 5.74) is 1.47. The maximum atomic E-state index is 2.16. The van der Waals surface area contributed by atoms with E-state index in [9.17, 15) is 0 Å². The van der Waals surface area contributed by atoms with Crippen molar-refractivity contribution in [3.8, 4) is 0 Å². The monoisotopic (exact) mass is 116 g/mol. The highest BCUT2D eigenvalue weighted by molar-refractivity contribution is 4.93. The summed E-state index contributed by atoms with van der Waals surface area (Å²) in [6, 6.07) is 0. The molecule has 0 bridgehead atoms. The van der Waals surface area contributed by atoms with Gasteiger partial charge < -0.3 is 0 Å². The maximum absolute atomic E-state index is 2.16. The summed E-state index contributed by atoms with van der Waals surface area (Å²) in [4.78, 5) is 0. The van der Waals surface area contributed by atoms with Gasteiger partial charge in [0, 0.05) is 0 Å². The molecule has 0 atom stereocenters. The van der Waals surface area contributed by atoms with Gasteiger partial charge in [-0.05, 0) is 20.3 Å². The Labute approximate surface area is 54.6 Å². The average Bonchev–Trinajstić information content (AvgIpc) is 1.65. The molecular weight excluding hydrogens is 96.1 g/mol. The second-order valence-electron chi connectivity index (χ2n) is 1.49. The van der Waals surface area contributed by atoms with E-state index in [4.69, 9.17) is 0 Å². The van der Waals surface area contributed by atoms with Gasteiger partial charge in [0.25, 0.3) is 0 Å². The summed E-state index contributed by atoms with van der Waals surface area (Å²) in [5, 5.41) is 0. The molecule has 0 aliphatic heterocycles. The molecule has 0 unspecified atom stereocenters. The van der Waals surface area contributed by atoms with Crippen LogP contribution in [0.5, 0.6) is 0 Å². The fraction of sp³-hybridized carbons (Fsp3) is 0.750. The van der Waals surface area contributed by atoms with E-state index in [0.717, 1.165) is 0 Å². The van der Waals surface area contributed by atoms with Crippen LogP contribution in [-0.2, 0) is 0 Å². The van der Waals surface area contributed by atoms with Gasteiger partial charge in [0.1, 0.15) is 0 Å². The van der Waals surface area contributed by atoms with Crippen LogP contribution in [0.15, 0.2) is 11.6 Å². The third-order valence-electron chi connectivity index (χ3n) is 1.05. The van der Waals surface area contributed by atoms with Crippen LogP contribution in [-0.4, -0.2) is 0 Å². The van der Waals surface area contributed by atoms with Gasteiger partial charge in [-0.15, -0.1) is 0 Å². The lowest BCUT2D eigenvalue weighted by Gasteiger charge is -1.85. The summed E-state index contributed by atoms with van der Waals surface area (Å²) < 4.78 is 0. The topological polar surface area (TPSA) is 0 Å². The molecule has 0 heteroatoms. The lowest BCUT2D eigenvalue weighted by atomic mass is 10.2. The van der Waals surface area contributed by atoms with E-state index >= 15 is 0 Å². The van der Waals surface area contributed by atoms with E-state index in [-0.39, 0.29) is 14.9 Å². The SMILES string of the molecule is C.C.C/C=C(\C)CC. The van der Waals surface area contributed by atoms with Gasteiger partial charge >= 0.3 is 0 Å². The van der Waals surface area contributed by atoms with E-state index in [1.165, 1.54) is 12.0 Å².